The summed E-state index contributed by atoms with van der Waals surface area (Å²) in [6, 6.07) is 11.3. The Morgan fingerprint density at radius 3 is 2.90 bits per heavy atom. The summed E-state index contributed by atoms with van der Waals surface area (Å²) >= 11 is 3.29. The predicted molar refractivity (Wildman–Crippen MR) is 82.9 cm³/mol. The van der Waals surface area contributed by atoms with E-state index >= 15 is 0 Å². The molecular weight excluding hydrogens is 337 g/mol. The zero-order valence-corrected chi connectivity index (χ0v) is 12.5. The molecule has 3 aromatic rings. The topological polar surface area (TPSA) is 46.4 Å². The van der Waals surface area contributed by atoms with Crippen LogP contribution in [0.1, 0.15) is 5.69 Å². The minimum atomic E-state index is -0.311. The van der Waals surface area contributed by atoms with Crippen LogP contribution in [-0.2, 0) is 6.54 Å². The van der Waals surface area contributed by atoms with Gasteiger partial charge >= 0.3 is 0 Å². The van der Waals surface area contributed by atoms with Crippen molar-refractivity contribution < 1.29 is 4.39 Å². The average molecular weight is 348 g/mol. The Hall–Kier alpha value is -2.21. The Kier molecular flexibility index (Phi) is 3.70. The fourth-order valence-corrected chi connectivity index (χ4v) is 2.50. The summed E-state index contributed by atoms with van der Waals surface area (Å²) in [4.78, 5) is 16.4. The summed E-state index contributed by atoms with van der Waals surface area (Å²) in [5, 5.41) is 3.12. The van der Waals surface area contributed by atoms with Crippen LogP contribution in [-0.4, -0.2) is 9.38 Å². The number of hydrogen-bond acceptors (Lipinski definition) is 3. The van der Waals surface area contributed by atoms with Gasteiger partial charge in [0.25, 0.3) is 5.56 Å². The van der Waals surface area contributed by atoms with Crippen LogP contribution in [0.5, 0.6) is 0 Å². The van der Waals surface area contributed by atoms with Gasteiger partial charge in [0.2, 0.25) is 0 Å². The minimum Gasteiger partial charge on any atom is -0.378 e. The molecule has 0 aliphatic carbocycles. The third-order valence-corrected chi connectivity index (χ3v) is 3.67. The molecule has 0 aliphatic rings. The number of hydrogen-bond donors (Lipinski definition) is 1. The third-order valence-electron chi connectivity index (χ3n) is 3.02. The van der Waals surface area contributed by atoms with E-state index in [1.165, 1.54) is 22.6 Å². The smallest absolute Gasteiger partial charge is 0.258 e. The monoisotopic (exact) mass is 347 g/mol. The van der Waals surface area contributed by atoms with Crippen LogP contribution in [0.3, 0.4) is 0 Å². The maximum Gasteiger partial charge on any atom is 0.258 e. The van der Waals surface area contributed by atoms with Gasteiger partial charge in [-0.05, 0) is 46.3 Å². The van der Waals surface area contributed by atoms with Gasteiger partial charge in [-0.3, -0.25) is 9.20 Å². The van der Waals surface area contributed by atoms with Crippen molar-refractivity contribution in [3.63, 3.8) is 0 Å². The van der Waals surface area contributed by atoms with Crippen LogP contribution in [0.15, 0.2) is 57.9 Å². The lowest BCUT2D eigenvalue weighted by Gasteiger charge is -2.09. The second-order valence-corrected chi connectivity index (χ2v) is 5.35. The molecule has 0 aliphatic heterocycles. The maximum absolute atomic E-state index is 13.0. The third kappa shape index (κ3) is 2.95. The lowest BCUT2D eigenvalue weighted by Crippen LogP contribution is -2.16. The molecule has 0 atom stereocenters. The van der Waals surface area contributed by atoms with Crippen molar-refractivity contribution in [2.24, 2.45) is 0 Å². The molecule has 0 amide bonds. The van der Waals surface area contributed by atoms with E-state index in [-0.39, 0.29) is 11.4 Å². The molecule has 0 spiro atoms. The SMILES string of the molecule is O=c1cc(CNc2ccc(F)cc2Br)nc2ccccn12. The van der Waals surface area contributed by atoms with Crippen molar-refractivity contribution in [2.45, 2.75) is 6.54 Å². The van der Waals surface area contributed by atoms with E-state index < -0.39 is 0 Å². The van der Waals surface area contributed by atoms with E-state index in [0.29, 0.717) is 22.4 Å². The Morgan fingerprint density at radius 1 is 1.24 bits per heavy atom. The quantitative estimate of drug-likeness (QED) is 0.791. The average Bonchev–Trinajstić information content (AvgIpc) is 2.46. The van der Waals surface area contributed by atoms with Gasteiger partial charge in [0.1, 0.15) is 11.5 Å². The number of aromatic nitrogens is 2. The highest BCUT2D eigenvalue weighted by Gasteiger charge is 2.04. The Balaban J connectivity index is 1.87. The van der Waals surface area contributed by atoms with Crippen LogP contribution in [0.2, 0.25) is 0 Å². The molecule has 6 heteroatoms. The van der Waals surface area contributed by atoms with Crippen molar-refractivity contribution in [1.29, 1.82) is 0 Å². The molecule has 4 nitrogen and oxygen atoms in total. The van der Waals surface area contributed by atoms with E-state index in [4.69, 9.17) is 0 Å². The van der Waals surface area contributed by atoms with E-state index in [0.717, 1.165) is 5.69 Å². The van der Waals surface area contributed by atoms with Crippen LogP contribution in [0, 0.1) is 5.82 Å². The van der Waals surface area contributed by atoms with Crippen molar-refractivity contribution in [3.8, 4) is 0 Å². The lowest BCUT2D eigenvalue weighted by molar-refractivity contribution is 0.627. The molecule has 0 radical (unpaired) electrons. The van der Waals surface area contributed by atoms with Gasteiger partial charge in [0, 0.05) is 22.4 Å². The number of benzene rings is 1. The van der Waals surface area contributed by atoms with E-state index in [1.807, 2.05) is 6.07 Å². The summed E-state index contributed by atoms with van der Waals surface area (Å²) in [7, 11) is 0. The van der Waals surface area contributed by atoms with Crippen molar-refractivity contribution in [1.82, 2.24) is 9.38 Å². The fourth-order valence-electron chi connectivity index (χ4n) is 2.01. The molecule has 2 aromatic heterocycles. The second-order valence-electron chi connectivity index (χ2n) is 4.49. The van der Waals surface area contributed by atoms with Gasteiger partial charge in [0.05, 0.1) is 12.2 Å². The van der Waals surface area contributed by atoms with Gasteiger partial charge in [-0.2, -0.15) is 0 Å². The van der Waals surface area contributed by atoms with Crippen molar-refractivity contribution >= 4 is 27.3 Å². The summed E-state index contributed by atoms with van der Waals surface area (Å²) in [6.45, 7) is 0.380. The highest BCUT2D eigenvalue weighted by Crippen LogP contribution is 2.23. The summed E-state index contributed by atoms with van der Waals surface area (Å²) < 4.78 is 15.1. The number of rotatable bonds is 3. The van der Waals surface area contributed by atoms with Gasteiger partial charge in [-0.1, -0.05) is 6.07 Å². The molecule has 0 bridgehead atoms. The van der Waals surface area contributed by atoms with Gasteiger partial charge in [-0.25, -0.2) is 9.37 Å². The molecule has 3 rings (SSSR count). The normalized spacial score (nSPS) is 10.8. The first-order valence-electron chi connectivity index (χ1n) is 6.30. The molecule has 0 saturated carbocycles. The molecule has 0 saturated heterocycles. The van der Waals surface area contributed by atoms with Crippen molar-refractivity contribution in [3.05, 3.63) is 75.0 Å². The van der Waals surface area contributed by atoms with Crippen LogP contribution < -0.4 is 10.9 Å². The highest BCUT2D eigenvalue weighted by molar-refractivity contribution is 9.10. The number of fused-ring (bicyclic) bond motifs is 1. The zero-order valence-electron chi connectivity index (χ0n) is 10.9. The molecule has 2 heterocycles. The molecule has 0 unspecified atom stereocenters. The number of anilines is 1. The molecule has 1 aromatic carbocycles. The highest BCUT2D eigenvalue weighted by atomic mass is 79.9. The Morgan fingerprint density at radius 2 is 2.10 bits per heavy atom. The van der Waals surface area contributed by atoms with Crippen LogP contribution >= 0.6 is 15.9 Å². The summed E-state index contributed by atoms with van der Waals surface area (Å²) in [5.41, 5.74) is 1.84. The lowest BCUT2D eigenvalue weighted by atomic mass is 10.3. The Bertz CT molecular complexity index is 863. The number of nitrogens with one attached hydrogen (secondary N) is 1. The molecule has 106 valence electrons. The van der Waals surface area contributed by atoms with Crippen LogP contribution in [0.4, 0.5) is 10.1 Å². The molecule has 1 N–H and O–H groups in total. The van der Waals surface area contributed by atoms with E-state index in [2.05, 4.69) is 26.2 Å². The van der Waals surface area contributed by atoms with E-state index in [9.17, 15) is 9.18 Å². The first-order chi connectivity index (χ1) is 10.1. The number of nitrogens with zero attached hydrogens (tertiary/aromatic N) is 2. The summed E-state index contributed by atoms with van der Waals surface area (Å²) in [6.07, 6.45) is 1.68. The molecular formula is C15H11BrFN3O. The Labute approximate surface area is 128 Å². The zero-order chi connectivity index (χ0) is 14.8. The molecule has 0 fully saturated rings. The molecule has 21 heavy (non-hydrogen) atoms. The maximum atomic E-state index is 13.0. The van der Waals surface area contributed by atoms with E-state index in [1.54, 1.807) is 24.4 Å². The second kappa shape index (κ2) is 5.65. The predicted octanol–water partition coefficient (Wildman–Crippen LogP) is 3.21. The van der Waals surface area contributed by atoms with Gasteiger partial charge in [0.15, 0.2) is 0 Å². The summed E-state index contributed by atoms with van der Waals surface area (Å²) in [5.74, 6) is -0.311. The standard InChI is InChI=1S/C15H11BrFN3O/c16-12-7-10(17)4-5-13(12)18-9-11-8-15(21)20-6-2-1-3-14(20)19-11/h1-8,18H,9H2. The fraction of sp³-hybridized carbons (Fsp3) is 0.0667. The number of halogens is 2. The van der Waals surface area contributed by atoms with Gasteiger partial charge in [-0.15, -0.1) is 0 Å². The van der Waals surface area contributed by atoms with Gasteiger partial charge < -0.3 is 5.32 Å². The first-order valence-corrected chi connectivity index (χ1v) is 7.09. The number of pyridine rings is 1. The minimum absolute atomic E-state index is 0.129. The first kappa shape index (κ1) is 13.8. The van der Waals surface area contributed by atoms with Crippen LogP contribution in [0.25, 0.3) is 5.65 Å². The largest absolute Gasteiger partial charge is 0.378 e. The van der Waals surface area contributed by atoms with Crippen molar-refractivity contribution in [2.75, 3.05) is 5.32 Å².